The number of nitrogens with zero attached hydrogens (tertiary/aromatic N) is 14. The molecule has 0 saturated heterocycles. The Hall–Kier alpha value is -7.10. The summed E-state index contributed by atoms with van der Waals surface area (Å²) in [5.74, 6) is 3.18. The molecule has 8 aromatic rings. The molecule has 64 heavy (non-hydrogen) atoms. The second kappa shape index (κ2) is 17.9. The zero-order chi connectivity index (χ0) is 43.6. The lowest BCUT2D eigenvalue weighted by molar-refractivity contribution is 0.140. The minimum atomic E-state index is 0.171. The number of ether oxygens (including phenoxy) is 5. The average molecular weight is 871 g/mol. The molecule has 2 aliphatic heterocycles. The number of hydrogen-bond acceptors (Lipinski definition) is 19. The van der Waals surface area contributed by atoms with Gasteiger partial charge in [0.25, 0.3) is 11.8 Å². The van der Waals surface area contributed by atoms with E-state index in [2.05, 4.69) is 59.6 Å². The van der Waals surface area contributed by atoms with E-state index in [4.69, 9.17) is 52.9 Å². The van der Waals surface area contributed by atoms with Gasteiger partial charge in [0.1, 0.15) is 24.7 Å². The largest absolute Gasteiger partial charge is 0.491 e. The highest BCUT2D eigenvalue weighted by atomic mass is 16.5. The standard InChI is InChI=1S/C43H46N14O7/c1-5-54-13-10-32-27(22-54)6-8-30(44-32)25-62-43-37(21-39-47-48-40(57(39)51-43)34-18-26(2)63-52-34)60-16-12-31-19-35(53-64-31)41-49-46-38-20-36(59-4)42(50-56(38)41)61-24-29-9-7-28-23-55(15-17-58-3)14-11-33(28)45-29/h6-9,18-21H,5,10-17,22-25H2,1-4H3. The summed E-state index contributed by atoms with van der Waals surface area (Å²) < 4.78 is 43.8. The van der Waals surface area contributed by atoms with Gasteiger partial charge in [0.15, 0.2) is 34.2 Å². The van der Waals surface area contributed by atoms with E-state index in [1.165, 1.54) is 11.1 Å². The van der Waals surface area contributed by atoms with Gasteiger partial charge < -0.3 is 32.7 Å². The summed E-state index contributed by atoms with van der Waals surface area (Å²) in [6.45, 7) is 10.8. The van der Waals surface area contributed by atoms with Crippen LogP contribution in [0.2, 0.25) is 0 Å². The third-order valence-corrected chi connectivity index (χ3v) is 11.3. The van der Waals surface area contributed by atoms with Crippen LogP contribution >= 0.6 is 0 Å². The molecule has 0 aliphatic carbocycles. The second-order valence-electron chi connectivity index (χ2n) is 15.6. The normalized spacial score (nSPS) is 14.2. The van der Waals surface area contributed by atoms with Gasteiger partial charge in [0.2, 0.25) is 11.6 Å². The van der Waals surface area contributed by atoms with Crippen LogP contribution in [0.25, 0.3) is 34.3 Å². The molecular formula is C43H46N14O7. The highest BCUT2D eigenvalue weighted by Gasteiger charge is 2.23. The van der Waals surface area contributed by atoms with Gasteiger partial charge in [-0.15, -0.1) is 30.6 Å². The highest BCUT2D eigenvalue weighted by Crippen LogP contribution is 2.31. The molecule has 21 nitrogen and oxygen atoms in total. The molecule has 0 bridgehead atoms. The maximum atomic E-state index is 6.31. The van der Waals surface area contributed by atoms with Crippen LogP contribution in [0.15, 0.2) is 57.6 Å². The molecule has 0 fully saturated rings. The molecule has 0 saturated carbocycles. The van der Waals surface area contributed by atoms with Crippen molar-refractivity contribution < 1.29 is 32.7 Å². The number of aromatic nitrogens is 12. The molecule has 330 valence electrons. The molecule has 0 aromatic carbocycles. The number of aryl methyl sites for hydroxylation is 1. The van der Waals surface area contributed by atoms with E-state index in [0.29, 0.717) is 70.4 Å². The zero-order valence-electron chi connectivity index (χ0n) is 35.9. The fourth-order valence-corrected chi connectivity index (χ4v) is 7.80. The minimum absolute atomic E-state index is 0.171. The SMILES string of the molecule is CCN1CCc2nc(COc3nn4c(-c5cc(C)on5)nnc4cc3OCCc3cc(-c4nnc5cc(OC)c(OCc6ccc7c(n6)CCN(CCOC)C7)nn45)no3)ccc2C1. The molecule has 0 radical (unpaired) electrons. The van der Waals surface area contributed by atoms with E-state index in [9.17, 15) is 0 Å². The predicted molar refractivity (Wildman–Crippen MR) is 226 cm³/mol. The third kappa shape index (κ3) is 8.51. The molecular weight excluding hydrogens is 825 g/mol. The van der Waals surface area contributed by atoms with E-state index >= 15 is 0 Å². The lowest BCUT2D eigenvalue weighted by Crippen LogP contribution is -2.33. The maximum absolute atomic E-state index is 6.31. The molecule has 0 atom stereocenters. The van der Waals surface area contributed by atoms with Crippen molar-refractivity contribution in [3.63, 3.8) is 0 Å². The maximum Gasteiger partial charge on any atom is 0.275 e. The van der Waals surface area contributed by atoms with Crippen LogP contribution in [0.3, 0.4) is 0 Å². The number of fused-ring (bicyclic) bond motifs is 4. The summed E-state index contributed by atoms with van der Waals surface area (Å²) in [4.78, 5) is 14.6. The van der Waals surface area contributed by atoms with Gasteiger partial charge >= 0.3 is 0 Å². The Balaban J connectivity index is 0.832. The van der Waals surface area contributed by atoms with Crippen LogP contribution in [-0.4, -0.2) is 123 Å². The van der Waals surface area contributed by atoms with E-state index in [-0.39, 0.29) is 31.6 Å². The lowest BCUT2D eigenvalue weighted by Gasteiger charge is -2.28. The highest BCUT2D eigenvalue weighted by molar-refractivity contribution is 5.58. The number of likely N-dealkylation sites (N-methyl/N-ethyl adjacent to an activating group) is 1. The molecule has 0 unspecified atom stereocenters. The van der Waals surface area contributed by atoms with E-state index in [0.717, 1.165) is 74.9 Å². The van der Waals surface area contributed by atoms with Gasteiger partial charge in [0.05, 0.1) is 31.7 Å². The fraction of sp³-hybridized carbons (Fsp3) is 0.395. The van der Waals surface area contributed by atoms with Gasteiger partial charge in [-0.1, -0.05) is 29.4 Å². The van der Waals surface area contributed by atoms with Crippen molar-refractivity contribution in [3.8, 4) is 46.3 Å². The van der Waals surface area contributed by atoms with E-state index in [1.807, 2.05) is 12.1 Å². The van der Waals surface area contributed by atoms with Crippen LogP contribution in [0.1, 0.15) is 52.3 Å². The number of rotatable bonds is 17. The van der Waals surface area contributed by atoms with Crippen LogP contribution in [0.5, 0.6) is 23.3 Å². The molecule has 10 heterocycles. The topological polar surface area (TPSA) is 217 Å². The van der Waals surface area contributed by atoms with Crippen LogP contribution in [0.4, 0.5) is 0 Å². The minimum Gasteiger partial charge on any atom is -0.491 e. The number of methoxy groups -OCH3 is 2. The van der Waals surface area contributed by atoms with Crippen molar-refractivity contribution in [1.29, 1.82) is 0 Å². The first-order valence-corrected chi connectivity index (χ1v) is 21.1. The van der Waals surface area contributed by atoms with Crippen molar-refractivity contribution in [3.05, 3.63) is 94.0 Å². The van der Waals surface area contributed by atoms with Gasteiger partial charge in [-0.25, -0.2) is 0 Å². The molecule has 8 aromatic heterocycles. The predicted octanol–water partition coefficient (Wildman–Crippen LogP) is 4.14. The van der Waals surface area contributed by atoms with E-state index in [1.54, 1.807) is 54.4 Å². The van der Waals surface area contributed by atoms with Crippen molar-refractivity contribution in [2.45, 2.75) is 59.4 Å². The van der Waals surface area contributed by atoms with Crippen molar-refractivity contribution in [2.24, 2.45) is 0 Å². The van der Waals surface area contributed by atoms with Crippen LogP contribution in [-0.2, 0) is 50.3 Å². The van der Waals surface area contributed by atoms with E-state index < -0.39 is 0 Å². The molecule has 2 aliphatic rings. The average Bonchev–Trinajstić information content (AvgIpc) is 4.15. The van der Waals surface area contributed by atoms with Crippen molar-refractivity contribution in [2.75, 3.05) is 53.6 Å². The van der Waals surface area contributed by atoms with Gasteiger partial charge in [0, 0.05) is 94.7 Å². The Morgan fingerprint density at radius 3 is 1.89 bits per heavy atom. The number of hydrogen-bond donors (Lipinski definition) is 0. The molecule has 0 N–H and O–H groups in total. The fourth-order valence-electron chi connectivity index (χ4n) is 7.80. The quantitative estimate of drug-likeness (QED) is 0.126. The van der Waals surface area contributed by atoms with Gasteiger partial charge in [-0.3, -0.25) is 19.8 Å². The summed E-state index contributed by atoms with van der Waals surface area (Å²) in [6, 6.07) is 15.2. The monoisotopic (exact) mass is 870 g/mol. The first-order chi connectivity index (χ1) is 31.4. The smallest absolute Gasteiger partial charge is 0.275 e. The Labute approximate surface area is 366 Å². The molecule has 10 rings (SSSR count). The summed E-state index contributed by atoms with van der Waals surface area (Å²) in [5.41, 5.74) is 7.98. The van der Waals surface area contributed by atoms with Gasteiger partial charge in [-0.2, -0.15) is 9.03 Å². The summed E-state index contributed by atoms with van der Waals surface area (Å²) in [7, 11) is 3.27. The third-order valence-electron chi connectivity index (χ3n) is 11.3. The molecule has 21 heteroatoms. The first kappa shape index (κ1) is 40.9. The Morgan fingerprint density at radius 1 is 0.656 bits per heavy atom. The summed E-state index contributed by atoms with van der Waals surface area (Å²) in [6.07, 6.45) is 2.10. The first-order valence-electron chi connectivity index (χ1n) is 21.1. The number of pyridine rings is 2. The lowest BCUT2D eigenvalue weighted by atomic mass is 10.1. The van der Waals surface area contributed by atoms with Crippen LogP contribution < -0.4 is 18.9 Å². The Morgan fingerprint density at radius 2 is 1.27 bits per heavy atom. The van der Waals surface area contributed by atoms with Crippen molar-refractivity contribution >= 4 is 11.3 Å². The Bertz CT molecular complexity index is 2930. The molecule has 0 amide bonds. The van der Waals surface area contributed by atoms with Gasteiger partial charge in [-0.05, 0) is 36.7 Å². The Kier molecular flexibility index (Phi) is 11.5. The van der Waals surface area contributed by atoms with Crippen LogP contribution in [0, 0.1) is 6.92 Å². The summed E-state index contributed by atoms with van der Waals surface area (Å²) in [5, 5.41) is 35.2. The molecule has 0 spiro atoms. The zero-order valence-corrected chi connectivity index (χ0v) is 35.9. The van der Waals surface area contributed by atoms with Crippen molar-refractivity contribution in [1.82, 2.24) is 69.7 Å². The summed E-state index contributed by atoms with van der Waals surface area (Å²) >= 11 is 0. The second-order valence-corrected chi connectivity index (χ2v) is 15.6.